The zero-order chi connectivity index (χ0) is 10.6. The molecule has 0 radical (unpaired) electrons. The molecule has 0 saturated heterocycles. The van der Waals surface area contributed by atoms with Gasteiger partial charge in [-0.05, 0) is 13.1 Å². The summed E-state index contributed by atoms with van der Waals surface area (Å²) in [6.45, 7) is 0. The molecule has 0 fully saturated rings. The Bertz CT molecular complexity index is 328. The number of aliphatic carboxylic acids is 1. The van der Waals surface area contributed by atoms with Crippen molar-refractivity contribution < 1.29 is 14.3 Å². The van der Waals surface area contributed by atoms with E-state index in [4.69, 9.17) is 5.11 Å². The van der Waals surface area contributed by atoms with Crippen LogP contribution < -0.4 is 5.32 Å². The van der Waals surface area contributed by atoms with Crippen LogP contribution in [0.4, 0.5) is 4.39 Å². The van der Waals surface area contributed by atoms with Crippen LogP contribution in [0.15, 0.2) is 24.3 Å². The Morgan fingerprint density at radius 2 is 2.21 bits per heavy atom. The number of halogens is 1. The molecule has 3 nitrogen and oxygen atoms in total. The summed E-state index contributed by atoms with van der Waals surface area (Å²) in [4.78, 5) is 10.5. The van der Waals surface area contributed by atoms with Gasteiger partial charge < -0.3 is 10.4 Å². The third-order valence-corrected chi connectivity index (χ3v) is 2.01. The minimum Gasteiger partial charge on any atom is -0.481 e. The van der Waals surface area contributed by atoms with E-state index in [1.165, 1.54) is 6.07 Å². The average molecular weight is 197 g/mol. The van der Waals surface area contributed by atoms with Gasteiger partial charge >= 0.3 is 5.97 Å². The lowest BCUT2D eigenvalue weighted by atomic mass is 10.0. The summed E-state index contributed by atoms with van der Waals surface area (Å²) in [7, 11) is 1.61. The molecule has 14 heavy (non-hydrogen) atoms. The first-order valence-electron chi connectivity index (χ1n) is 4.28. The molecule has 76 valence electrons. The van der Waals surface area contributed by atoms with Gasteiger partial charge in [-0.1, -0.05) is 18.2 Å². The summed E-state index contributed by atoms with van der Waals surface area (Å²) in [6.07, 6.45) is -0.128. The van der Waals surface area contributed by atoms with Gasteiger partial charge in [0.25, 0.3) is 0 Å². The van der Waals surface area contributed by atoms with Crippen molar-refractivity contribution in [1.29, 1.82) is 0 Å². The molecule has 1 unspecified atom stereocenters. The molecule has 0 amide bonds. The zero-order valence-corrected chi connectivity index (χ0v) is 7.83. The minimum absolute atomic E-state index is 0.128. The van der Waals surface area contributed by atoms with Crippen LogP contribution in [0.2, 0.25) is 0 Å². The Morgan fingerprint density at radius 3 is 2.71 bits per heavy atom. The highest BCUT2D eigenvalue weighted by atomic mass is 19.1. The van der Waals surface area contributed by atoms with Crippen molar-refractivity contribution in [3.8, 4) is 0 Å². The van der Waals surface area contributed by atoms with Crippen LogP contribution in [0.25, 0.3) is 0 Å². The van der Waals surface area contributed by atoms with E-state index >= 15 is 0 Å². The van der Waals surface area contributed by atoms with E-state index in [0.29, 0.717) is 5.56 Å². The summed E-state index contributed by atoms with van der Waals surface area (Å²) in [5.74, 6) is -1.33. The fraction of sp³-hybridized carbons (Fsp3) is 0.300. The van der Waals surface area contributed by atoms with Crippen molar-refractivity contribution in [2.45, 2.75) is 12.5 Å². The topological polar surface area (TPSA) is 49.3 Å². The largest absolute Gasteiger partial charge is 0.481 e. The van der Waals surface area contributed by atoms with E-state index in [-0.39, 0.29) is 12.2 Å². The molecule has 0 aliphatic heterocycles. The van der Waals surface area contributed by atoms with Crippen LogP contribution in [0.3, 0.4) is 0 Å². The molecule has 0 spiro atoms. The second kappa shape index (κ2) is 4.72. The first-order valence-corrected chi connectivity index (χ1v) is 4.28. The third kappa shape index (κ3) is 2.53. The van der Waals surface area contributed by atoms with Crippen molar-refractivity contribution in [3.63, 3.8) is 0 Å². The van der Waals surface area contributed by atoms with Crippen LogP contribution in [-0.2, 0) is 4.79 Å². The Balaban J connectivity index is 2.89. The lowest BCUT2D eigenvalue weighted by molar-refractivity contribution is -0.137. The van der Waals surface area contributed by atoms with Gasteiger partial charge in [-0.2, -0.15) is 0 Å². The summed E-state index contributed by atoms with van der Waals surface area (Å²) in [5, 5.41) is 11.4. The fourth-order valence-electron chi connectivity index (χ4n) is 1.30. The lowest BCUT2D eigenvalue weighted by Crippen LogP contribution is -2.20. The first-order chi connectivity index (χ1) is 6.65. The van der Waals surface area contributed by atoms with Crippen molar-refractivity contribution >= 4 is 5.97 Å². The molecule has 0 aliphatic rings. The standard InChI is InChI=1S/C10H12FNO2/c1-12-9(6-10(13)14)7-4-2-3-5-8(7)11/h2-5,9,12H,6H2,1H3,(H,13,14). The van der Waals surface area contributed by atoms with Crippen LogP contribution >= 0.6 is 0 Å². The van der Waals surface area contributed by atoms with Gasteiger partial charge in [-0.25, -0.2) is 4.39 Å². The van der Waals surface area contributed by atoms with Crippen LogP contribution in [0, 0.1) is 5.82 Å². The molecule has 0 bridgehead atoms. The van der Waals surface area contributed by atoms with E-state index < -0.39 is 12.0 Å². The van der Waals surface area contributed by atoms with Crippen molar-refractivity contribution in [2.75, 3.05) is 7.05 Å². The summed E-state index contributed by atoms with van der Waals surface area (Å²) in [6, 6.07) is 5.69. The Labute approximate surface area is 81.6 Å². The number of carboxylic acid groups (broad SMARTS) is 1. The number of hydrogen-bond acceptors (Lipinski definition) is 2. The maximum absolute atomic E-state index is 13.2. The monoisotopic (exact) mass is 197 g/mol. The molecule has 2 N–H and O–H groups in total. The molecule has 1 atom stereocenters. The Hall–Kier alpha value is -1.42. The fourth-order valence-corrected chi connectivity index (χ4v) is 1.30. The van der Waals surface area contributed by atoms with Crippen molar-refractivity contribution in [2.24, 2.45) is 0 Å². The second-order valence-electron chi connectivity index (χ2n) is 2.96. The summed E-state index contributed by atoms with van der Waals surface area (Å²) in [5.41, 5.74) is 0.386. The SMILES string of the molecule is CNC(CC(=O)O)c1ccccc1F. The normalized spacial score (nSPS) is 12.4. The number of nitrogens with one attached hydrogen (secondary N) is 1. The van der Waals surface area contributed by atoms with Gasteiger partial charge in [0.15, 0.2) is 0 Å². The number of carbonyl (C=O) groups is 1. The van der Waals surface area contributed by atoms with Crippen LogP contribution in [-0.4, -0.2) is 18.1 Å². The van der Waals surface area contributed by atoms with Crippen molar-refractivity contribution in [1.82, 2.24) is 5.32 Å². The molecule has 1 aromatic rings. The molecule has 1 rings (SSSR count). The number of benzene rings is 1. The molecule has 0 aromatic heterocycles. The smallest absolute Gasteiger partial charge is 0.305 e. The quantitative estimate of drug-likeness (QED) is 0.770. The van der Waals surface area contributed by atoms with Gasteiger partial charge in [0, 0.05) is 11.6 Å². The molecular formula is C10H12FNO2. The van der Waals surface area contributed by atoms with Gasteiger partial charge in [-0.3, -0.25) is 4.79 Å². The molecule has 0 aliphatic carbocycles. The van der Waals surface area contributed by atoms with Crippen molar-refractivity contribution in [3.05, 3.63) is 35.6 Å². The highest BCUT2D eigenvalue weighted by Gasteiger charge is 2.16. The summed E-state index contributed by atoms with van der Waals surface area (Å²) >= 11 is 0. The van der Waals surface area contributed by atoms with E-state index in [2.05, 4.69) is 5.32 Å². The second-order valence-corrected chi connectivity index (χ2v) is 2.96. The maximum atomic E-state index is 13.2. The number of carboxylic acids is 1. The Morgan fingerprint density at radius 1 is 1.57 bits per heavy atom. The summed E-state index contributed by atoms with van der Waals surface area (Å²) < 4.78 is 13.2. The van der Waals surface area contributed by atoms with E-state index in [1.807, 2.05) is 0 Å². The van der Waals surface area contributed by atoms with E-state index in [0.717, 1.165) is 0 Å². The third-order valence-electron chi connectivity index (χ3n) is 2.01. The van der Waals surface area contributed by atoms with Crippen LogP contribution in [0.5, 0.6) is 0 Å². The molecule has 1 aromatic carbocycles. The van der Waals surface area contributed by atoms with Crippen LogP contribution in [0.1, 0.15) is 18.0 Å². The molecule has 4 heteroatoms. The van der Waals surface area contributed by atoms with E-state index in [1.54, 1.807) is 25.2 Å². The lowest BCUT2D eigenvalue weighted by Gasteiger charge is -2.14. The van der Waals surface area contributed by atoms with Gasteiger partial charge in [0.05, 0.1) is 6.42 Å². The number of rotatable bonds is 4. The van der Waals surface area contributed by atoms with Gasteiger partial charge in [0.1, 0.15) is 5.82 Å². The highest BCUT2D eigenvalue weighted by molar-refractivity contribution is 5.67. The Kier molecular flexibility index (Phi) is 3.59. The highest BCUT2D eigenvalue weighted by Crippen LogP contribution is 2.19. The van der Waals surface area contributed by atoms with Gasteiger partial charge in [-0.15, -0.1) is 0 Å². The van der Waals surface area contributed by atoms with Gasteiger partial charge in [0.2, 0.25) is 0 Å². The first kappa shape index (κ1) is 10.7. The molecular weight excluding hydrogens is 185 g/mol. The average Bonchev–Trinajstić information content (AvgIpc) is 2.15. The van der Waals surface area contributed by atoms with E-state index in [9.17, 15) is 9.18 Å². The molecule has 0 heterocycles. The minimum atomic E-state index is -0.951. The molecule has 0 saturated carbocycles. The predicted molar refractivity (Wildman–Crippen MR) is 50.5 cm³/mol. The predicted octanol–water partition coefficient (Wildman–Crippen LogP) is 1.56. The zero-order valence-electron chi connectivity index (χ0n) is 7.83. The number of hydrogen-bond donors (Lipinski definition) is 2. The maximum Gasteiger partial charge on any atom is 0.305 e.